The summed E-state index contributed by atoms with van der Waals surface area (Å²) < 4.78 is 33.4. The van der Waals surface area contributed by atoms with Gasteiger partial charge in [0.15, 0.2) is 0 Å². The van der Waals surface area contributed by atoms with Crippen LogP contribution in [0, 0.1) is 11.8 Å². The van der Waals surface area contributed by atoms with Crippen LogP contribution in [0.4, 0.5) is 0 Å². The van der Waals surface area contributed by atoms with Crippen LogP contribution in [-0.4, -0.2) is 83.6 Å². The molecule has 0 aromatic heterocycles. The lowest BCUT2D eigenvalue weighted by Gasteiger charge is -2.20. The van der Waals surface area contributed by atoms with Crippen molar-refractivity contribution in [3.63, 3.8) is 0 Å². The van der Waals surface area contributed by atoms with Gasteiger partial charge in [0.25, 0.3) is 0 Å². The predicted molar refractivity (Wildman–Crippen MR) is 222 cm³/mol. The first-order chi connectivity index (χ1) is 26.6. The summed E-state index contributed by atoms with van der Waals surface area (Å²) in [6.45, 7) is 4.51. The number of ether oxygens (including phenoxy) is 2. The van der Waals surface area contributed by atoms with Crippen LogP contribution in [0.15, 0.2) is 24.3 Å². The zero-order valence-corrected chi connectivity index (χ0v) is 35.6. The largest absolute Gasteiger partial charge is 0.472 e. The summed E-state index contributed by atoms with van der Waals surface area (Å²) in [5.41, 5.74) is 5.36. The Morgan fingerprint density at radius 3 is 1.95 bits per heavy atom. The van der Waals surface area contributed by atoms with Crippen molar-refractivity contribution < 1.29 is 48.1 Å². The van der Waals surface area contributed by atoms with Crippen LogP contribution in [0.2, 0.25) is 0 Å². The number of carbonyl (C=O) groups is 1. The van der Waals surface area contributed by atoms with E-state index < -0.39 is 38.2 Å². The Bertz CT molecular complexity index is 1010. The van der Waals surface area contributed by atoms with Gasteiger partial charge in [-0.25, -0.2) is 4.57 Å². The number of rotatable bonds is 38. The van der Waals surface area contributed by atoms with Gasteiger partial charge in [0, 0.05) is 31.9 Å². The highest BCUT2D eigenvalue weighted by molar-refractivity contribution is 7.47. The van der Waals surface area contributed by atoms with Crippen LogP contribution < -0.4 is 5.73 Å². The summed E-state index contributed by atoms with van der Waals surface area (Å²) in [6.07, 6.45) is 31.4. The quantitative estimate of drug-likeness (QED) is 0.0174. The van der Waals surface area contributed by atoms with E-state index >= 15 is 0 Å². The summed E-state index contributed by atoms with van der Waals surface area (Å²) in [4.78, 5) is 22.6. The number of unbranched alkanes of at least 4 members (excludes halogenated alkanes) is 18. The molecular formula is C43H82NO10P. The number of hydrogen-bond donors (Lipinski definition) is 5. The van der Waals surface area contributed by atoms with E-state index in [1.165, 1.54) is 83.5 Å². The SMILES string of the molecule is CCCCCCCCCCCCCCCCCCOCC(COP(=O)(O)OCCN)OC(=O)CCC/C=C\CC1C(O)CC(O)C1/C=C/C(O)CCCCC. The van der Waals surface area contributed by atoms with Gasteiger partial charge in [0.1, 0.15) is 6.10 Å². The molecule has 7 unspecified atom stereocenters. The molecule has 1 fully saturated rings. The Morgan fingerprint density at radius 2 is 1.35 bits per heavy atom. The van der Waals surface area contributed by atoms with Crippen LogP contribution in [0.1, 0.15) is 174 Å². The Morgan fingerprint density at radius 1 is 0.764 bits per heavy atom. The molecule has 55 heavy (non-hydrogen) atoms. The van der Waals surface area contributed by atoms with E-state index in [2.05, 4.69) is 13.8 Å². The molecule has 0 aromatic carbocycles. The van der Waals surface area contributed by atoms with Crippen molar-refractivity contribution >= 4 is 13.8 Å². The van der Waals surface area contributed by atoms with Crippen molar-refractivity contribution in [2.24, 2.45) is 17.6 Å². The third-order valence-corrected chi connectivity index (χ3v) is 11.4. The Hall–Kier alpha value is -1.14. The third-order valence-electron chi connectivity index (χ3n) is 10.4. The molecule has 0 aromatic rings. The highest BCUT2D eigenvalue weighted by Gasteiger charge is 2.39. The van der Waals surface area contributed by atoms with Crippen molar-refractivity contribution in [3.05, 3.63) is 24.3 Å². The number of esters is 1. The lowest BCUT2D eigenvalue weighted by Crippen LogP contribution is -2.28. The van der Waals surface area contributed by atoms with Crippen molar-refractivity contribution in [2.45, 2.75) is 199 Å². The first kappa shape index (κ1) is 51.9. The van der Waals surface area contributed by atoms with Crippen LogP contribution >= 0.6 is 7.82 Å². The van der Waals surface area contributed by atoms with E-state index in [1.807, 2.05) is 18.2 Å². The first-order valence-corrected chi connectivity index (χ1v) is 23.6. The maximum Gasteiger partial charge on any atom is 0.472 e. The van der Waals surface area contributed by atoms with E-state index in [4.69, 9.17) is 24.3 Å². The fourth-order valence-electron chi connectivity index (χ4n) is 7.11. The third kappa shape index (κ3) is 28.8. The molecule has 11 nitrogen and oxygen atoms in total. The number of carbonyl (C=O) groups excluding carboxylic acids is 1. The number of nitrogens with two attached hydrogens (primary N) is 1. The highest BCUT2D eigenvalue weighted by atomic mass is 31.2. The molecule has 1 saturated carbocycles. The number of phosphoric acid groups is 1. The lowest BCUT2D eigenvalue weighted by molar-refractivity contribution is -0.154. The number of aliphatic hydroxyl groups excluding tert-OH is 3. The molecule has 7 atom stereocenters. The molecule has 0 heterocycles. The average molecular weight is 804 g/mol. The molecule has 0 bridgehead atoms. The van der Waals surface area contributed by atoms with Crippen molar-refractivity contribution in [2.75, 3.05) is 33.0 Å². The fraction of sp³-hybridized carbons (Fsp3) is 0.884. The first-order valence-electron chi connectivity index (χ1n) is 22.1. The fourth-order valence-corrected chi connectivity index (χ4v) is 7.87. The van der Waals surface area contributed by atoms with Crippen molar-refractivity contribution in [1.82, 2.24) is 0 Å². The van der Waals surface area contributed by atoms with Gasteiger partial charge < -0.3 is 35.4 Å². The minimum atomic E-state index is -4.34. The summed E-state index contributed by atoms with van der Waals surface area (Å²) >= 11 is 0. The van der Waals surface area contributed by atoms with E-state index in [0.717, 1.165) is 38.5 Å². The van der Waals surface area contributed by atoms with E-state index in [-0.39, 0.29) is 44.6 Å². The Kier molecular flexibility index (Phi) is 32.9. The monoisotopic (exact) mass is 804 g/mol. The molecule has 0 amide bonds. The summed E-state index contributed by atoms with van der Waals surface area (Å²) in [7, 11) is -4.34. The second kappa shape index (κ2) is 34.9. The number of phosphoric ester groups is 1. The normalized spacial score (nSPS) is 21.1. The molecular weight excluding hydrogens is 721 g/mol. The number of hydrogen-bond acceptors (Lipinski definition) is 10. The average Bonchev–Trinajstić information content (AvgIpc) is 3.43. The van der Waals surface area contributed by atoms with Crippen molar-refractivity contribution in [1.29, 1.82) is 0 Å². The molecule has 0 aliphatic heterocycles. The molecule has 6 N–H and O–H groups in total. The maximum atomic E-state index is 12.7. The smallest absolute Gasteiger partial charge is 0.457 e. The van der Waals surface area contributed by atoms with Gasteiger partial charge in [-0.05, 0) is 38.0 Å². The van der Waals surface area contributed by atoms with Crippen LogP contribution in [0.3, 0.4) is 0 Å². The summed E-state index contributed by atoms with van der Waals surface area (Å²) in [5.74, 6) is -0.830. The van der Waals surface area contributed by atoms with E-state index in [1.54, 1.807) is 6.08 Å². The summed E-state index contributed by atoms with van der Waals surface area (Å²) in [6, 6.07) is 0. The second-order valence-corrected chi connectivity index (χ2v) is 17.0. The van der Waals surface area contributed by atoms with Gasteiger partial charge in [-0.3, -0.25) is 13.8 Å². The summed E-state index contributed by atoms with van der Waals surface area (Å²) in [5, 5.41) is 31.3. The minimum absolute atomic E-state index is 0.0439. The maximum absolute atomic E-state index is 12.7. The van der Waals surface area contributed by atoms with Gasteiger partial charge in [-0.1, -0.05) is 154 Å². The molecule has 324 valence electrons. The topological polar surface area (TPSA) is 178 Å². The predicted octanol–water partition coefficient (Wildman–Crippen LogP) is 9.24. The molecule has 0 saturated heterocycles. The molecule has 1 rings (SSSR count). The molecule has 12 heteroatoms. The minimum Gasteiger partial charge on any atom is -0.457 e. The molecule has 1 aliphatic carbocycles. The zero-order valence-electron chi connectivity index (χ0n) is 34.7. The van der Waals surface area contributed by atoms with E-state index in [9.17, 15) is 29.6 Å². The number of aliphatic hydroxyl groups is 3. The lowest BCUT2D eigenvalue weighted by atomic mass is 9.89. The van der Waals surface area contributed by atoms with Crippen LogP contribution in [0.25, 0.3) is 0 Å². The van der Waals surface area contributed by atoms with Crippen LogP contribution in [-0.2, 0) is 27.9 Å². The zero-order chi connectivity index (χ0) is 40.4. The second-order valence-electron chi connectivity index (χ2n) is 15.5. The van der Waals surface area contributed by atoms with Gasteiger partial charge in [0.2, 0.25) is 0 Å². The van der Waals surface area contributed by atoms with Gasteiger partial charge >= 0.3 is 13.8 Å². The molecule has 0 radical (unpaired) electrons. The van der Waals surface area contributed by atoms with Gasteiger partial charge in [-0.2, -0.15) is 0 Å². The van der Waals surface area contributed by atoms with Crippen molar-refractivity contribution in [3.8, 4) is 0 Å². The highest BCUT2D eigenvalue weighted by Crippen LogP contribution is 2.43. The van der Waals surface area contributed by atoms with E-state index in [0.29, 0.717) is 38.7 Å². The van der Waals surface area contributed by atoms with Gasteiger partial charge in [-0.15, -0.1) is 0 Å². The Labute approximate surface area is 334 Å². The molecule has 0 spiro atoms. The molecule has 1 aliphatic rings. The van der Waals surface area contributed by atoms with Gasteiger partial charge in [0.05, 0.1) is 38.1 Å². The number of allylic oxidation sites excluding steroid dienone is 2. The standard InChI is InChI=1S/C43H82NO10P/c1-3-5-7-8-9-10-11-12-13-14-15-16-17-18-21-25-32-51-35-38(36-53-55(49,50)52-33-31-44)54-43(48)28-24-20-19-23-27-39-40(42(47)34-41(39)46)30-29-37(45)26-22-6-4-2/h19,23,29-30,37-42,45-47H,3-18,20-22,24-28,31-36,44H2,1-2H3,(H,49,50)/b23-19-,30-29+. The Balaban J connectivity index is 2.34. The van der Waals surface area contributed by atoms with Crippen LogP contribution in [0.5, 0.6) is 0 Å².